The molecule has 0 aliphatic carbocycles. The van der Waals surface area contributed by atoms with Crippen LogP contribution in [0.4, 0.5) is 4.79 Å². The molecule has 0 saturated heterocycles. The Morgan fingerprint density at radius 2 is 1.81 bits per heavy atom. The van der Waals surface area contributed by atoms with Crippen molar-refractivity contribution in [2.24, 2.45) is 5.92 Å². The Hall–Kier alpha value is -1.17. The van der Waals surface area contributed by atoms with Crippen molar-refractivity contribution in [2.75, 3.05) is 0 Å². The molecule has 0 N–H and O–H groups in total. The lowest BCUT2D eigenvalue weighted by molar-refractivity contribution is 0.0311. The molecule has 21 heavy (non-hydrogen) atoms. The molecule has 120 valence electrons. The molecule has 1 heterocycles. The van der Waals surface area contributed by atoms with Gasteiger partial charge in [0.1, 0.15) is 0 Å². The Labute approximate surface area is 131 Å². The third-order valence-corrected chi connectivity index (χ3v) is 3.79. The summed E-state index contributed by atoms with van der Waals surface area (Å²) in [6.07, 6.45) is -0.817. The fourth-order valence-corrected chi connectivity index (χ4v) is 2.77. The largest absolute Gasteiger partial charge is 0.509 e. The zero-order valence-corrected chi connectivity index (χ0v) is 14.8. The lowest BCUT2D eigenvalue weighted by atomic mass is 10.2. The maximum atomic E-state index is 11.5. The summed E-state index contributed by atoms with van der Waals surface area (Å²) in [7, 11) is 0. The standard InChI is InChI=1S/C15H26N2O3S/c1-9(2)8-17-12(6)11(5)16-14(17)21-13(7)20-15(18)19-10(3)4/h9-10,13H,8H2,1-7H3/t13-/m0/s1. The Kier molecular flexibility index (Phi) is 6.58. The van der Waals surface area contributed by atoms with E-state index in [1.807, 2.05) is 13.8 Å². The van der Waals surface area contributed by atoms with Crippen molar-refractivity contribution >= 4 is 17.9 Å². The van der Waals surface area contributed by atoms with Crippen molar-refractivity contribution in [3.05, 3.63) is 11.4 Å². The van der Waals surface area contributed by atoms with Gasteiger partial charge in [-0.3, -0.25) is 0 Å². The molecule has 0 bridgehead atoms. The van der Waals surface area contributed by atoms with Crippen LogP contribution in [-0.4, -0.2) is 27.2 Å². The lowest BCUT2D eigenvalue weighted by Gasteiger charge is -2.16. The molecule has 1 rings (SSSR count). The highest BCUT2D eigenvalue weighted by Crippen LogP contribution is 2.27. The van der Waals surface area contributed by atoms with E-state index in [2.05, 4.69) is 30.3 Å². The highest BCUT2D eigenvalue weighted by molar-refractivity contribution is 7.99. The van der Waals surface area contributed by atoms with Gasteiger partial charge in [-0.15, -0.1) is 0 Å². The van der Waals surface area contributed by atoms with Crippen molar-refractivity contribution in [3.8, 4) is 0 Å². The van der Waals surface area contributed by atoms with Crippen LogP contribution in [0.3, 0.4) is 0 Å². The van der Waals surface area contributed by atoms with Crippen LogP contribution in [0.15, 0.2) is 5.16 Å². The van der Waals surface area contributed by atoms with Crippen LogP contribution < -0.4 is 0 Å². The molecule has 0 amide bonds. The van der Waals surface area contributed by atoms with Gasteiger partial charge in [-0.05, 0) is 52.3 Å². The van der Waals surface area contributed by atoms with E-state index in [9.17, 15) is 4.79 Å². The van der Waals surface area contributed by atoms with E-state index < -0.39 is 6.16 Å². The van der Waals surface area contributed by atoms with Crippen molar-refractivity contribution in [3.63, 3.8) is 0 Å². The Balaban J connectivity index is 2.73. The van der Waals surface area contributed by atoms with Gasteiger partial charge in [0.05, 0.1) is 11.8 Å². The molecule has 0 unspecified atom stereocenters. The molecule has 1 aromatic heterocycles. The quantitative estimate of drug-likeness (QED) is 0.448. The number of hydrogen-bond acceptors (Lipinski definition) is 5. The molecule has 0 aliphatic rings. The molecule has 0 spiro atoms. The van der Waals surface area contributed by atoms with Crippen molar-refractivity contribution in [1.82, 2.24) is 9.55 Å². The molecule has 0 radical (unpaired) electrons. The molecule has 0 aromatic carbocycles. The molecule has 1 aromatic rings. The Bertz CT molecular complexity index is 484. The van der Waals surface area contributed by atoms with E-state index in [1.54, 1.807) is 13.8 Å². The summed E-state index contributed by atoms with van der Waals surface area (Å²) in [5.74, 6) is 0.527. The van der Waals surface area contributed by atoms with Crippen LogP contribution in [-0.2, 0) is 16.0 Å². The van der Waals surface area contributed by atoms with Crippen LogP contribution in [0.5, 0.6) is 0 Å². The summed E-state index contributed by atoms with van der Waals surface area (Å²) in [4.78, 5) is 16.1. The predicted octanol–water partition coefficient (Wildman–Crippen LogP) is 4.16. The number of aromatic nitrogens is 2. The van der Waals surface area contributed by atoms with E-state index in [4.69, 9.17) is 9.47 Å². The van der Waals surface area contributed by atoms with Crippen molar-refractivity contribution in [1.29, 1.82) is 0 Å². The van der Waals surface area contributed by atoms with E-state index >= 15 is 0 Å². The van der Waals surface area contributed by atoms with Crippen LogP contribution in [0.1, 0.15) is 46.0 Å². The minimum Gasteiger partial charge on any atom is -0.432 e. The second kappa shape index (κ2) is 7.73. The summed E-state index contributed by atoms with van der Waals surface area (Å²) in [5.41, 5.74) is 1.82. The first-order chi connectivity index (χ1) is 9.70. The molecular weight excluding hydrogens is 288 g/mol. The van der Waals surface area contributed by atoms with Crippen LogP contribution in [0.25, 0.3) is 0 Å². The monoisotopic (exact) mass is 314 g/mol. The van der Waals surface area contributed by atoms with Crippen LogP contribution in [0, 0.1) is 19.8 Å². The number of thioether (sulfide) groups is 1. The number of carbonyl (C=O) groups excluding carboxylic acids is 1. The van der Waals surface area contributed by atoms with Crippen LogP contribution >= 0.6 is 11.8 Å². The molecule has 1 atom stereocenters. The minimum atomic E-state index is -0.639. The fraction of sp³-hybridized carbons (Fsp3) is 0.733. The summed E-state index contributed by atoms with van der Waals surface area (Å²) in [6, 6.07) is 0. The average molecular weight is 314 g/mol. The highest BCUT2D eigenvalue weighted by atomic mass is 32.2. The van der Waals surface area contributed by atoms with E-state index in [0.717, 1.165) is 23.1 Å². The number of aryl methyl sites for hydroxylation is 1. The zero-order valence-electron chi connectivity index (χ0n) is 14.0. The van der Waals surface area contributed by atoms with Gasteiger partial charge in [-0.1, -0.05) is 13.8 Å². The van der Waals surface area contributed by atoms with Gasteiger partial charge >= 0.3 is 6.16 Å². The van der Waals surface area contributed by atoms with E-state index in [0.29, 0.717) is 5.92 Å². The fourth-order valence-electron chi connectivity index (χ4n) is 1.82. The third kappa shape index (κ3) is 5.61. The summed E-state index contributed by atoms with van der Waals surface area (Å²) in [6.45, 7) is 14.7. The maximum absolute atomic E-state index is 11.5. The first kappa shape index (κ1) is 17.9. The lowest BCUT2D eigenvalue weighted by Crippen LogP contribution is -2.18. The first-order valence-electron chi connectivity index (χ1n) is 7.28. The summed E-state index contributed by atoms with van der Waals surface area (Å²) >= 11 is 1.43. The molecule has 6 heteroatoms. The van der Waals surface area contributed by atoms with Gasteiger partial charge in [0.2, 0.25) is 0 Å². The molecule has 0 aliphatic heterocycles. The SMILES string of the molecule is Cc1nc(S[C@@H](C)OC(=O)OC(C)C)n(CC(C)C)c1C. The highest BCUT2D eigenvalue weighted by Gasteiger charge is 2.19. The van der Waals surface area contributed by atoms with Gasteiger partial charge in [-0.2, -0.15) is 0 Å². The smallest absolute Gasteiger partial charge is 0.432 e. The van der Waals surface area contributed by atoms with Gasteiger partial charge in [0.25, 0.3) is 0 Å². The average Bonchev–Trinajstić information content (AvgIpc) is 2.55. The third-order valence-electron chi connectivity index (χ3n) is 2.84. The van der Waals surface area contributed by atoms with E-state index in [1.165, 1.54) is 11.8 Å². The Morgan fingerprint density at radius 3 is 2.33 bits per heavy atom. The topological polar surface area (TPSA) is 53.4 Å². The number of carbonyl (C=O) groups is 1. The van der Waals surface area contributed by atoms with Gasteiger partial charge in [-0.25, -0.2) is 9.78 Å². The second-order valence-electron chi connectivity index (χ2n) is 5.79. The van der Waals surface area contributed by atoms with Gasteiger partial charge in [0, 0.05) is 12.2 Å². The number of nitrogens with zero attached hydrogens (tertiary/aromatic N) is 2. The molecule has 0 fully saturated rings. The maximum Gasteiger partial charge on any atom is 0.509 e. The van der Waals surface area contributed by atoms with Crippen molar-refractivity contribution < 1.29 is 14.3 Å². The van der Waals surface area contributed by atoms with E-state index in [-0.39, 0.29) is 11.5 Å². The number of rotatable bonds is 6. The molecule has 5 nitrogen and oxygen atoms in total. The second-order valence-corrected chi connectivity index (χ2v) is 7.05. The minimum absolute atomic E-state index is 0.179. The van der Waals surface area contributed by atoms with Gasteiger partial charge in [0.15, 0.2) is 10.6 Å². The molecule has 0 saturated carbocycles. The van der Waals surface area contributed by atoms with Crippen molar-refractivity contribution in [2.45, 2.75) is 71.7 Å². The van der Waals surface area contributed by atoms with Crippen LogP contribution in [0.2, 0.25) is 0 Å². The first-order valence-corrected chi connectivity index (χ1v) is 8.16. The number of hydrogen-bond donors (Lipinski definition) is 0. The van der Waals surface area contributed by atoms with Gasteiger partial charge < -0.3 is 14.0 Å². The molecular formula is C15H26N2O3S. The zero-order chi connectivity index (χ0) is 16.2. The number of ether oxygens (including phenoxy) is 2. The summed E-state index contributed by atoms with van der Waals surface area (Å²) < 4.78 is 12.4. The predicted molar refractivity (Wildman–Crippen MR) is 84.6 cm³/mol. The number of imidazole rings is 1. The Morgan fingerprint density at radius 1 is 1.19 bits per heavy atom. The normalized spacial score (nSPS) is 12.8. The summed E-state index contributed by atoms with van der Waals surface area (Å²) in [5, 5.41) is 0.878.